The molecule has 11 aliphatic heterocycles. The normalized spacial score (nSPS) is 49.5. The number of amides is 5. The van der Waals surface area contributed by atoms with Crippen LogP contribution in [0.3, 0.4) is 0 Å². The van der Waals surface area contributed by atoms with Crippen LogP contribution in [0.15, 0.2) is 0 Å². The third-order valence-corrected chi connectivity index (χ3v) is 24.9. The van der Waals surface area contributed by atoms with E-state index in [1.165, 1.54) is 13.8 Å². The predicted octanol–water partition coefficient (Wildman–Crippen LogP) is -22.2. The Kier molecular flexibility index (Phi) is 39.5. The van der Waals surface area contributed by atoms with E-state index in [1.54, 1.807) is 0 Å². The molecule has 0 spiro atoms. The number of carbonyl (C=O) groups excluding carboxylic acids is 5. The summed E-state index contributed by atoms with van der Waals surface area (Å²) in [4.78, 5) is 65.9. The van der Waals surface area contributed by atoms with Gasteiger partial charge in [-0.1, -0.05) is 0 Å². The standard InChI is InChI=1S/C76H127N5O54/c1-17-38(94)49(105)54(110)71(117-17)115-15-31-60(46(102)33(66(114)119-31)77-19(3)89)128-68-35(79-21(5)91)47(103)59(30(14-88)125-68)130-74-57(113)63(133-76-65(53(109)43(99)27(11-85)124-76)135-69-36(80-22(6)92)48(104)58(29(13-87)126-69)129-73-56(112)51(107)41(97)25(9-83)122-73)61(131-67-34(78-20(4)90)45(101)40(96)24(8-82)120-67)32(127-74)16-116-75-64(52(108)42(98)26(10-84)123-75)134-70-37(81-23(7)93)62(44(100)28(12-86)121-70)132-72-55(111)50(106)39(95)18(2)118-72/h17-18,24-76,82-88,94-114H,8-16H2,1-7H3,(H,77,89)(H,78,90)(H,79,91)(H,80,92)(H,81,93)/t17-,18-,24+,25+,26+,27+,28+,29+,30+,31+,32+,33+,34+,35+,36+,37+,38+,39+,40+,41-,42+,43+,44+,45+,46+,47+,48+,49+,50+,51-,52-,53-,54-,55-,56+,57-,58+,59+,60+,61+,62+,63+,64-,65-,66+,67-,68-,69-,70-,71+,72-,73-,74-,75-,76+/m0/s1. The molecule has 0 saturated carbocycles. The van der Waals surface area contributed by atoms with E-state index in [0.29, 0.717) is 0 Å². The van der Waals surface area contributed by atoms with Gasteiger partial charge < -0.3 is 269 Å². The Morgan fingerprint density at radius 3 is 0.926 bits per heavy atom. The van der Waals surface area contributed by atoms with E-state index in [4.69, 9.17) is 99.5 Å². The quantitative estimate of drug-likeness (QED) is 0.0284. The molecule has 0 aromatic carbocycles. The van der Waals surface area contributed by atoms with Gasteiger partial charge in [0.1, 0.15) is 256 Å². The Labute approximate surface area is 765 Å². The average Bonchev–Trinajstić information content (AvgIpc) is 0.762. The van der Waals surface area contributed by atoms with E-state index in [-0.39, 0.29) is 0 Å². The van der Waals surface area contributed by atoms with Crippen molar-refractivity contribution in [3.05, 3.63) is 0 Å². The summed E-state index contributed by atoms with van der Waals surface area (Å²) in [6.45, 7) is -3.61. The molecule has 0 radical (unpaired) electrons. The molecule has 11 saturated heterocycles. The van der Waals surface area contributed by atoms with E-state index in [0.717, 1.165) is 34.6 Å². The van der Waals surface area contributed by atoms with E-state index in [2.05, 4.69) is 26.6 Å². The minimum Gasteiger partial charge on any atom is -0.394 e. The molecule has 0 aromatic heterocycles. The first-order valence-electron chi connectivity index (χ1n) is 43.4. The van der Waals surface area contributed by atoms with E-state index < -0.39 is 426 Å². The average molecular weight is 1970 g/mol. The van der Waals surface area contributed by atoms with Crippen molar-refractivity contribution in [2.24, 2.45) is 0 Å². The van der Waals surface area contributed by atoms with Gasteiger partial charge in [0.15, 0.2) is 69.2 Å². The third-order valence-electron chi connectivity index (χ3n) is 24.9. The van der Waals surface area contributed by atoms with Crippen LogP contribution in [0.5, 0.6) is 0 Å². The van der Waals surface area contributed by atoms with Gasteiger partial charge in [-0.25, -0.2) is 0 Å². The molecule has 59 nitrogen and oxygen atoms in total. The summed E-state index contributed by atoms with van der Waals surface area (Å²) in [5, 5.41) is 330. The van der Waals surface area contributed by atoms with Crippen LogP contribution in [0.1, 0.15) is 48.5 Å². The summed E-state index contributed by atoms with van der Waals surface area (Å²) in [7, 11) is 0. The highest BCUT2D eigenvalue weighted by molar-refractivity contribution is 5.75. The lowest BCUT2D eigenvalue weighted by Crippen LogP contribution is -2.72. The number of hydrogen-bond acceptors (Lipinski definition) is 54. The number of ether oxygens (including phenoxy) is 21. The van der Waals surface area contributed by atoms with E-state index in [9.17, 15) is 167 Å². The number of carbonyl (C=O) groups is 5. The van der Waals surface area contributed by atoms with Crippen LogP contribution in [0, 0.1) is 0 Å². The number of aliphatic hydroxyl groups is 28. The maximum absolute atomic E-state index is 13.5. The van der Waals surface area contributed by atoms with Gasteiger partial charge in [-0.3, -0.25) is 24.0 Å². The molecule has 0 aliphatic carbocycles. The SMILES string of the molecule is CC(=O)N[C@@H]1[C@@H](O)[C@H](O[C@@H]2O[C@H](CO)[C@@H](O[C@@H]3O[C@H](CO[C@H]4O[C@H](CO)[C@@H](O)[C@H](O)[C@@H]4O[C@@H]4O[C@H](CO)[C@@H](O)[C@H](O[C@@H]5O[C@@H](C)[C@@H](O)[C@@H](O)[C@@H]5O)[C@H]4NC(C)=O)[C@@H](O[C@@H]4O[C@H](CO)[C@@H](O)[C@H](O)[C@H]4NC(C)=O)[C@H](O[C@H]4O[C@H](CO)[C@@H](O)[C@H](O)[C@@H]4O[C@@H]4O[C@H](CO)[C@@H](O[C@@H]5O[C@H](CO)[C@H](O)[C@H](O)[C@H]5O)[C@H](O)[C@H]4NC(C)=O)[C@@H]3O)[C@H](O)[C@H]2NC(C)=O)[C@@H](CO[C@@H]2O[C@@H](C)[C@@H](O)[C@@H](O)[C@@H]2O)O[C@H]1O. The van der Waals surface area contributed by atoms with E-state index >= 15 is 0 Å². The summed E-state index contributed by atoms with van der Waals surface area (Å²) in [5.41, 5.74) is 0. The van der Waals surface area contributed by atoms with Crippen molar-refractivity contribution in [1.82, 2.24) is 26.6 Å². The highest BCUT2D eigenvalue weighted by Crippen LogP contribution is 2.42. The van der Waals surface area contributed by atoms with Gasteiger partial charge >= 0.3 is 0 Å². The minimum atomic E-state index is -2.82. The molecule has 11 fully saturated rings. The summed E-state index contributed by atoms with van der Waals surface area (Å²) < 4.78 is 128. The van der Waals surface area contributed by atoms with E-state index in [1.807, 2.05) is 0 Å². The van der Waals surface area contributed by atoms with Crippen LogP contribution in [0.4, 0.5) is 0 Å². The summed E-state index contributed by atoms with van der Waals surface area (Å²) in [5.74, 6) is -4.95. The first kappa shape index (κ1) is 111. The second-order valence-corrected chi connectivity index (χ2v) is 34.5. The zero-order valence-corrected chi connectivity index (χ0v) is 73.3. The first-order chi connectivity index (χ1) is 63.8. The van der Waals surface area contributed by atoms with Gasteiger partial charge in [0, 0.05) is 34.6 Å². The van der Waals surface area contributed by atoms with Crippen LogP contribution < -0.4 is 26.6 Å². The molecule has 59 heteroatoms. The molecule has 11 heterocycles. The third kappa shape index (κ3) is 24.7. The lowest BCUT2D eigenvalue weighted by Gasteiger charge is -2.52. The van der Waals surface area contributed by atoms with Gasteiger partial charge in [0.05, 0.1) is 71.7 Å². The topological polar surface area (TPSA) is 906 Å². The Balaban J connectivity index is 1.02. The Hall–Kier alpha value is -4.61. The lowest BCUT2D eigenvalue weighted by atomic mass is 9.93. The number of aliphatic hydroxyl groups excluding tert-OH is 28. The van der Waals surface area contributed by atoms with Crippen LogP contribution in [-0.4, -0.2) is 569 Å². The molecular formula is C76H127N5O54. The number of rotatable bonds is 34. The summed E-state index contributed by atoms with van der Waals surface area (Å²) >= 11 is 0. The second-order valence-electron chi connectivity index (χ2n) is 34.5. The highest BCUT2D eigenvalue weighted by atomic mass is 16.8. The second kappa shape index (κ2) is 48.2. The molecule has 0 unspecified atom stereocenters. The zero-order valence-electron chi connectivity index (χ0n) is 73.3. The summed E-state index contributed by atoms with van der Waals surface area (Å²) in [6, 6.07) is -10.0. The fraction of sp³-hybridized carbons (Fsp3) is 0.934. The van der Waals surface area contributed by atoms with Crippen LogP contribution >= 0.6 is 0 Å². The molecule has 11 aliphatic rings. The maximum Gasteiger partial charge on any atom is 0.217 e. The molecule has 0 aromatic rings. The van der Waals surface area contributed by atoms with Crippen molar-refractivity contribution in [3.8, 4) is 0 Å². The highest BCUT2D eigenvalue weighted by Gasteiger charge is 2.63. The Morgan fingerprint density at radius 2 is 0.474 bits per heavy atom. The Bertz CT molecular complexity index is 3750. The molecular weight excluding hydrogens is 1850 g/mol. The van der Waals surface area contributed by atoms with Gasteiger partial charge in [-0.15, -0.1) is 0 Å². The minimum absolute atomic E-state index is 0.878. The van der Waals surface area contributed by atoms with Crippen LogP contribution in [-0.2, 0) is 123 Å². The van der Waals surface area contributed by atoms with Crippen molar-refractivity contribution in [1.29, 1.82) is 0 Å². The fourth-order valence-corrected chi connectivity index (χ4v) is 17.6. The lowest BCUT2D eigenvalue weighted by molar-refractivity contribution is -0.409. The van der Waals surface area contributed by atoms with Crippen molar-refractivity contribution in [3.63, 3.8) is 0 Å². The fourth-order valence-electron chi connectivity index (χ4n) is 17.6. The van der Waals surface area contributed by atoms with Crippen LogP contribution in [0.2, 0.25) is 0 Å². The molecule has 0 bridgehead atoms. The zero-order chi connectivity index (χ0) is 99.4. The molecule has 11 rings (SSSR count). The van der Waals surface area contributed by atoms with Crippen molar-refractivity contribution < 1.29 is 266 Å². The Morgan fingerprint density at radius 1 is 0.207 bits per heavy atom. The van der Waals surface area contributed by atoms with Crippen LogP contribution in [0.25, 0.3) is 0 Å². The first-order valence-corrected chi connectivity index (χ1v) is 43.4. The van der Waals surface area contributed by atoms with Crippen molar-refractivity contribution in [2.45, 2.75) is 386 Å². The van der Waals surface area contributed by atoms with Gasteiger partial charge in [-0.05, 0) is 13.8 Å². The number of hydrogen-bond donors (Lipinski definition) is 33. The van der Waals surface area contributed by atoms with Crippen molar-refractivity contribution >= 4 is 29.5 Å². The smallest absolute Gasteiger partial charge is 0.217 e. The monoisotopic (exact) mass is 1970 g/mol. The number of nitrogens with one attached hydrogen (secondary N) is 5. The molecule has 780 valence electrons. The summed E-state index contributed by atoms with van der Waals surface area (Å²) in [6.07, 6.45) is -107. The van der Waals surface area contributed by atoms with Gasteiger partial charge in [0.25, 0.3) is 0 Å². The molecule has 135 heavy (non-hydrogen) atoms. The van der Waals surface area contributed by atoms with Gasteiger partial charge in [0.2, 0.25) is 29.5 Å². The van der Waals surface area contributed by atoms with Gasteiger partial charge in [-0.2, -0.15) is 0 Å². The predicted molar refractivity (Wildman–Crippen MR) is 417 cm³/mol. The molecule has 33 N–H and O–H groups in total. The largest absolute Gasteiger partial charge is 0.394 e. The maximum atomic E-state index is 13.5. The van der Waals surface area contributed by atoms with Crippen molar-refractivity contribution in [2.75, 3.05) is 59.5 Å². The molecule has 55 atom stereocenters. The molecule has 5 amide bonds.